The molecule has 0 saturated heterocycles. The number of ether oxygens (including phenoxy) is 3. The summed E-state index contributed by atoms with van der Waals surface area (Å²) in [6.45, 7) is 6.49. The molecule has 0 aromatic heterocycles. The average Bonchev–Trinajstić information content (AvgIpc) is 3.30. The number of carbonyl (C=O) groups excluding carboxylic acids is 3. The summed E-state index contributed by atoms with van der Waals surface area (Å²) in [5.41, 5.74) is 0. The Morgan fingerprint density at radius 2 is 0.600 bits per heavy atom. The lowest BCUT2D eigenvalue weighted by Gasteiger charge is -2.18. The summed E-state index contributed by atoms with van der Waals surface area (Å²) in [6.07, 6.45) is 66.4. The molecular weight excluding hydrogens is 805 g/mol. The number of carbonyl (C=O) groups is 3. The number of hydrogen-bond acceptors (Lipinski definition) is 6. The SMILES string of the molecule is CC\C=C/C=C\C=C/C=C\C=C/CCCCCC(=O)OC(COC(=O)CCCCCCCCCCCCCCCC)COC(=O)CCCCCCCCCCCCCCCCCCCC. The summed E-state index contributed by atoms with van der Waals surface area (Å²) < 4.78 is 16.8. The summed E-state index contributed by atoms with van der Waals surface area (Å²) >= 11 is 0. The molecule has 0 spiro atoms. The van der Waals surface area contributed by atoms with E-state index >= 15 is 0 Å². The van der Waals surface area contributed by atoms with E-state index in [1.807, 2.05) is 48.6 Å². The highest BCUT2D eigenvalue weighted by atomic mass is 16.6. The fourth-order valence-corrected chi connectivity index (χ4v) is 7.99. The Bertz CT molecular complexity index is 1180. The van der Waals surface area contributed by atoms with Crippen molar-refractivity contribution in [1.82, 2.24) is 0 Å². The molecule has 0 fully saturated rings. The minimum absolute atomic E-state index is 0.0878. The largest absolute Gasteiger partial charge is 0.462 e. The Labute approximate surface area is 402 Å². The summed E-state index contributed by atoms with van der Waals surface area (Å²) in [4.78, 5) is 38.1. The summed E-state index contributed by atoms with van der Waals surface area (Å²) in [5, 5.41) is 0. The molecule has 0 aliphatic rings. The van der Waals surface area contributed by atoms with Crippen molar-refractivity contribution < 1.29 is 28.6 Å². The van der Waals surface area contributed by atoms with Crippen molar-refractivity contribution in [2.45, 2.75) is 284 Å². The van der Waals surface area contributed by atoms with Crippen molar-refractivity contribution in [2.24, 2.45) is 0 Å². The van der Waals surface area contributed by atoms with Gasteiger partial charge in [0.15, 0.2) is 6.10 Å². The van der Waals surface area contributed by atoms with Gasteiger partial charge in [-0.05, 0) is 38.5 Å². The molecule has 6 heteroatoms. The number of rotatable bonds is 50. The molecule has 0 bridgehead atoms. The molecule has 0 aromatic carbocycles. The molecule has 0 aliphatic carbocycles. The maximum Gasteiger partial charge on any atom is 0.306 e. The van der Waals surface area contributed by atoms with Crippen LogP contribution < -0.4 is 0 Å². The topological polar surface area (TPSA) is 78.9 Å². The molecule has 0 heterocycles. The van der Waals surface area contributed by atoms with Crippen LogP contribution in [0.4, 0.5) is 0 Å². The van der Waals surface area contributed by atoms with Crippen molar-refractivity contribution in [2.75, 3.05) is 13.2 Å². The molecule has 1 atom stereocenters. The van der Waals surface area contributed by atoms with Gasteiger partial charge in [0.2, 0.25) is 0 Å². The van der Waals surface area contributed by atoms with E-state index in [4.69, 9.17) is 14.2 Å². The second-order valence-corrected chi connectivity index (χ2v) is 18.6. The molecule has 0 amide bonds. The van der Waals surface area contributed by atoms with Crippen molar-refractivity contribution in [3.8, 4) is 0 Å². The fourth-order valence-electron chi connectivity index (χ4n) is 7.99. The quantitative estimate of drug-likeness (QED) is 0.0262. The highest BCUT2D eigenvalue weighted by Gasteiger charge is 2.19. The zero-order valence-electron chi connectivity index (χ0n) is 43.0. The van der Waals surface area contributed by atoms with Gasteiger partial charge >= 0.3 is 17.9 Å². The summed E-state index contributed by atoms with van der Waals surface area (Å²) in [6, 6.07) is 0. The lowest BCUT2D eigenvalue weighted by Crippen LogP contribution is -2.30. The molecular formula is C59H104O6. The van der Waals surface area contributed by atoms with Crippen LogP contribution in [0.5, 0.6) is 0 Å². The number of hydrogen-bond donors (Lipinski definition) is 0. The van der Waals surface area contributed by atoms with Gasteiger partial charge in [0.25, 0.3) is 0 Å². The molecule has 0 N–H and O–H groups in total. The second-order valence-electron chi connectivity index (χ2n) is 18.6. The first-order chi connectivity index (χ1) is 32.0. The predicted octanol–water partition coefficient (Wildman–Crippen LogP) is 18.4. The number of allylic oxidation sites excluding steroid dienone is 10. The van der Waals surface area contributed by atoms with E-state index in [2.05, 4.69) is 32.9 Å². The molecule has 1 unspecified atom stereocenters. The Balaban J connectivity index is 4.39. The first-order valence-corrected chi connectivity index (χ1v) is 27.9. The molecule has 0 saturated carbocycles. The van der Waals surface area contributed by atoms with Crippen LogP contribution in [0.1, 0.15) is 278 Å². The lowest BCUT2D eigenvalue weighted by molar-refractivity contribution is -0.167. The van der Waals surface area contributed by atoms with Gasteiger partial charge in [0, 0.05) is 19.3 Å². The van der Waals surface area contributed by atoms with Gasteiger partial charge in [-0.1, -0.05) is 281 Å². The number of unbranched alkanes of at least 4 members (excludes halogenated alkanes) is 33. The van der Waals surface area contributed by atoms with Crippen LogP contribution >= 0.6 is 0 Å². The molecule has 376 valence electrons. The van der Waals surface area contributed by atoms with Crippen LogP contribution in [-0.2, 0) is 28.6 Å². The van der Waals surface area contributed by atoms with E-state index in [0.29, 0.717) is 12.8 Å². The van der Waals surface area contributed by atoms with Crippen molar-refractivity contribution >= 4 is 17.9 Å². The smallest absolute Gasteiger partial charge is 0.306 e. The Morgan fingerprint density at radius 1 is 0.323 bits per heavy atom. The standard InChI is InChI=1S/C59H104O6/c1-4-7-10-13-16-19-22-25-28-29-30-32-34-37-40-43-46-49-52-58(61)64-55-56(54-63-57(60)51-48-45-42-39-36-33-27-24-21-18-15-12-9-6-3)65-59(62)53-50-47-44-41-38-35-31-26-23-20-17-14-11-8-5-2/h8,11,14,17,20,23,26,31,35,38,56H,4-7,9-10,12-13,15-16,18-19,21-22,24-25,27-30,32-34,36-37,39-55H2,1-3H3/b11-8-,17-14-,23-20-,31-26-,38-35-. The highest BCUT2D eigenvalue weighted by Crippen LogP contribution is 2.17. The van der Waals surface area contributed by atoms with E-state index in [9.17, 15) is 14.4 Å². The Kier molecular flexibility index (Phi) is 51.3. The van der Waals surface area contributed by atoms with Gasteiger partial charge in [-0.15, -0.1) is 0 Å². The van der Waals surface area contributed by atoms with Gasteiger partial charge < -0.3 is 14.2 Å². The third kappa shape index (κ3) is 51.9. The van der Waals surface area contributed by atoms with Gasteiger partial charge in [-0.2, -0.15) is 0 Å². The highest BCUT2D eigenvalue weighted by molar-refractivity contribution is 5.71. The molecule has 65 heavy (non-hydrogen) atoms. The van der Waals surface area contributed by atoms with E-state index in [1.54, 1.807) is 0 Å². The van der Waals surface area contributed by atoms with Crippen LogP contribution in [0.25, 0.3) is 0 Å². The van der Waals surface area contributed by atoms with Crippen molar-refractivity contribution in [1.29, 1.82) is 0 Å². The van der Waals surface area contributed by atoms with E-state index in [-0.39, 0.29) is 37.5 Å². The van der Waals surface area contributed by atoms with Crippen molar-refractivity contribution in [3.05, 3.63) is 60.8 Å². The average molecular weight is 909 g/mol. The minimum Gasteiger partial charge on any atom is -0.462 e. The second kappa shape index (κ2) is 53.7. The Morgan fingerprint density at radius 3 is 0.938 bits per heavy atom. The molecule has 0 aromatic rings. The monoisotopic (exact) mass is 909 g/mol. The van der Waals surface area contributed by atoms with E-state index in [0.717, 1.165) is 70.6 Å². The van der Waals surface area contributed by atoms with Crippen LogP contribution in [-0.4, -0.2) is 37.2 Å². The van der Waals surface area contributed by atoms with Crippen LogP contribution in [0.15, 0.2) is 60.8 Å². The van der Waals surface area contributed by atoms with Crippen molar-refractivity contribution in [3.63, 3.8) is 0 Å². The maximum atomic E-state index is 12.8. The van der Waals surface area contributed by atoms with Gasteiger partial charge in [-0.3, -0.25) is 14.4 Å². The zero-order chi connectivity index (χ0) is 47.2. The summed E-state index contributed by atoms with van der Waals surface area (Å²) in [5.74, 6) is -0.917. The fraction of sp³-hybridized carbons (Fsp3) is 0.780. The zero-order valence-corrected chi connectivity index (χ0v) is 43.0. The molecule has 6 nitrogen and oxygen atoms in total. The first-order valence-electron chi connectivity index (χ1n) is 27.9. The first kappa shape index (κ1) is 62.1. The van der Waals surface area contributed by atoms with E-state index < -0.39 is 6.10 Å². The molecule has 0 aliphatic heterocycles. The lowest BCUT2D eigenvalue weighted by atomic mass is 10.0. The predicted molar refractivity (Wildman–Crippen MR) is 279 cm³/mol. The molecule has 0 rings (SSSR count). The van der Waals surface area contributed by atoms with Crippen LogP contribution in [0.2, 0.25) is 0 Å². The van der Waals surface area contributed by atoms with Gasteiger partial charge in [0.1, 0.15) is 13.2 Å². The third-order valence-electron chi connectivity index (χ3n) is 12.2. The van der Waals surface area contributed by atoms with Crippen LogP contribution in [0, 0.1) is 0 Å². The van der Waals surface area contributed by atoms with Crippen LogP contribution in [0.3, 0.4) is 0 Å². The van der Waals surface area contributed by atoms with Gasteiger partial charge in [0.05, 0.1) is 0 Å². The van der Waals surface area contributed by atoms with E-state index in [1.165, 1.54) is 167 Å². The minimum atomic E-state index is -0.792. The van der Waals surface area contributed by atoms with Gasteiger partial charge in [-0.25, -0.2) is 0 Å². The normalized spacial score (nSPS) is 12.5. The third-order valence-corrected chi connectivity index (χ3v) is 12.2. The summed E-state index contributed by atoms with van der Waals surface area (Å²) in [7, 11) is 0. The molecule has 0 radical (unpaired) electrons. The Hall–Kier alpha value is -2.89. The maximum absolute atomic E-state index is 12.8. The number of esters is 3.